The molecule has 0 saturated heterocycles. The van der Waals surface area contributed by atoms with Crippen molar-refractivity contribution in [3.05, 3.63) is 41.2 Å². The van der Waals surface area contributed by atoms with Crippen molar-refractivity contribution in [2.75, 3.05) is 5.32 Å². The highest BCUT2D eigenvalue weighted by Gasteiger charge is 2.17. The molecule has 1 amide bonds. The van der Waals surface area contributed by atoms with E-state index in [1.165, 1.54) is 12.1 Å². The highest BCUT2D eigenvalue weighted by Crippen LogP contribution is 2.18. The van der Waals surface area contributed by atoms with Crippen LogP contribution in [0.1, 0.15) is 44.6 Å². The Bertz CT molecular complexity index is 929. The molecule has 0 radical (unpaired) electrons. The third-order valence-corrected chi connectivity index (χ3v) is 5.92. The molecule has 0 aliphatic carbocycles. The maximum atomic E-state index is 12.5. The number of rotatable bonds is 8. The van der Waals surface area contributed by atoms with Gasteiger partial charge in [-0.2, -0.15) is 5.10 Å². The molecule has 1 heterocycles. The number of benzene rings is 1. The van der Waals surface area contributed by atoms with Gasteiger partial charge in [-0.3, -0.25) is 9.48 Å². The van der Waals surface area contributed by atoms with Gasteiger partial charge in [0.25, 0.3) is 0 Å². The fourth-order valence-corrected chi connectivity index (χ4v) is 4.23. The van der Waals surface area contributed by atoms with Gasteiger partial charge >= 0.3 is 0 Å². The Balaban J connectivity index is 2.07. The number of carbonyl (C=O) groups is 1. The van der Waals surface area contributed by atoms with Crippen LogP contribution in [0.3, 0.4) is 0 Å². The maximum absolute atomic E-state index is 12.5. The standard InChI is InChI=1S/C20H30N4O3S/c1-13(2)12-24-16(6)19(15(5)22-24)11-20(25)21-17-7-9-18(10-8-17)28(26,27)23-14(3)4/h7-10,13-14,23H,11-12H2,1-6H3,(H,21,25). The van der Waals surface area contributed by atoms with E-state index in [0.717, 1.165) is 23.5 Å². The number of aromatic nitrogens is 2. The van der Waals surface area contributed by atoms with E-state index < -0.39 is 10.0 Å². The molecule has 0 bridgehead atoms. The fourth-order valence-electron chi connectivity index (χ4n) is 2.97. The Morgan fingerprint density at radius 1 is 1.11 bits per heavy atom. The van der Waals surface area contributed by atoms with Gasteiger partial charge < -0.3 is 5.32 Å². The van der Waals surface area contributed by atoms with E-state index in [1.54, 1.807) is 26.0 Å². The summed E-state index contributed by atoms with van der Waals surface area (Å²) < 4.78 is 28.8. The molecular weight excluding hydrogens is 376 g/mol. The van der Waals surface area contributed by atoms with Gasteiger partial charge in [-0.05, 0) is 57.9 Å². The maximum Gasteiger partial charge on any atom is 0.240 e. The quantitative estimate of drug-likeness (QED) is 0.705. The Hall–Kier alpha value is -2.19. The summed E-state index contributed by atoms with van der Waals surface area (Å²) in [6.07, 6.45) is 0.227. The first-order valence-corrected chi connectivity index (χ1v) is 10.9. The third-order valence-electron chi connectivity index (χ3n) is 4.25. The minimum absolute atomic E-state index is 0.161. The van der Waals surface area contributed by atoms with Gasteiger partial charge in [-0.1, -0.05) is 13.8 Å². The number of nitrogens with zero attached hydrogens (tertiary/aromatic N) is 2. The molecule has 0 aliphatic heterocycles. The monoisotopic (exact) mass is 406 g/mol. The fraction of sp³-hybridized carbons (Fsp3) is 0.500. The Labute approximate surface area is 167 Å². The Morgan fingerprint density at radius 2 is 1.71 bits per heavy atom. The predicted octanol–water partition coefficient (Wildman–Crippen LogP) is 3.02. The van der Waals surface area contributed by atoms with Crippen LogP contribution in [0.2, 0.25) is 0 Å². The topological polar surface area (TPSA) is 93.1 Å². The van der Waals surface area contributed by atoms with E-state index in [0.29, 0.717) is 11.6 Å². The highest BCUT2D eigenvalue weighted by molar-refractivity contribution is 7.89. The minimum atomic E-state index is -3.55. The number of nitrogens with one attached hydrogen (secondary N) is 2. The van der Waals surface area contributed by atoms with E-state index in [2.05, 4.69) is 29.0 Å². The molecule has 0 spiro atoms. The second kappa shape index (κ2) is 8.87. The van der Waals surface area contributed by atoms with Gasteiger partial charge in [0, 0.05) is 29.5 Å². The number of amides is 1. The lowest BCUT2D eigenvalue weighted by atomic mass is 10.1. The van der Waals surface area contributed by atoms with Crippen molar-refractivity contribution in [2.45, 2.75) is 65.4 Å². The normalized spacial score (nSPS) is 12.0. The summed E-state index contributed by atoms with van der Waals surface area (Å²) in [5.41, 5.74) is 3.34. The van der Waals surface area contributed by atoms with E-state index in [4.69, 9.17) is 0 Å². The molecule has 0 aliphatic rings. The lowest BCUT2D eigenvalue weighted by Gasteiger charge is -2.11. The Kier molecular flexibility index (Phi) is 7.01. The van der Waals surface area contributed by atoms with Gasteiger partial charge in [0.05, 0.1) is 17.0 Å². The average molecular weight is 407 g/mol. The molecule has 1 aromatic carbocycles. The second-order valence-electron chi connectivity index (χ2n) is 7.75. The van der Waals surface area contributed by atoms with Gasteiger partial charge in [-0.25, -0.2) is 13.1 Å². The van der Waals surface area contributed by atoms with E-state index >= 15 is 0 Å². The number of hydrogen-bond acceptors (Lipinski definition) is 4. The minimum Gasteiger partial charge on any atom is -0.326 e. The van der Waals surface area contributed by atoms with Crippen LogP contribution < -0.4 is 10.0 Å². The lowest BCUT2D eigenvalue weighted by Crippen LogP contribution is -2.30. The summed E-state index contributed by atoms with van der Waals surface area (Å²) >= 11 is 0. The molecule has 2 rings (SSSR count). The summed E-state index contributed by atoms with van der Waals surface area (Å²) in [6.45, 7) is 12.5. The summed E-state index contributed by atoms with van der Waals surface area (Å²) in [5, 5.41) is 7.36. The first-order chi connectivity index (χ1) is 13.0. The molecule has 8 heteroatoms. The van der Waals surface area contributed by atoms with Crippen LogP contribution in [0.5, 0.6) is 0 Å². The Morgan fingerprint density at radius 3 is 2.25 bits per heavy atom. The second-order valence-corrected chi connectivity index (χ2v) is 9.46. The van der Waals surface area contributed by atoms with Gasteiger partial charge in [-0.15, -0.1) is 0 Å². The van der Waals surface area contributed by atoms with Crippen molar-refractivity contribution in [1.29, 1.82) is 0 Å². The van der Waals surface area contributed by atoms with Crippen molar-refractivity contribution >= 4 is 21.6 Å². The zero-order valence-corrected chi connectivity index (χ0v) is 18.2. The van der Waals surface area contributed by atoms with E-state index in [-0.39, 0.29) is 23.3 Å². The summed E-state index contributed by atoms with van der Waals surface area (Å²) in [6, 6.07) is 5.96. The van der Waals surface area contributed by atoms with Gasteiger partial charge in [0.1, 0.15) is 0 Å². The van der Waals surface area contributed by atoms with Crippen molar-refractivity contribution < 1.29 is 13.2 Å². The first kappa shape index (κ1) is 22.1. The van der Waals surface area contributed by atoms with Crippen LogP contribution in [-0.2, 0) is 27.8 Å². The number of anilines is 1. The predicted molar refractivity (Wildman–Crippen MR) is 111 cm³/mol. The number of carbonyl (C=O) groups excluding carboxylic acids is 1. The molecule has 1 aromatic heterocycles. The summed E-state index contributed by atoms with van der Waals surface area (Å²) in [7, 11) is -3.55. The van der Waals surface area contributed by atoms with Crippen LogP contribution in [0.25, 0.3) is 0 Å². The van der Waals surface area contributed by atoms with Crippen LogP contribution in [0.15, 0.2) is 29.2 Å². The molecule has 0 atom stereocenters. The van der Waals surface area contributed by atoms with Gasteiger partial charge in [0.2, 0.25) is 15.9 Å². The van der Waals surface area contributed by atoms with Crippen molar-refractivity contribution in [2.24, 2.45) is 5.92 Å². The lowest BCUT2D eigenvalue weighted by molar-refractivity contribution is -0.115. The zero-order chi connectivity index (χ0) is 21.1. The molecule has 0 unspecified atom stereocenters. The highest BCUT2D eigenvalue weighted by atomic mass is 32.2. The van der Waals surface area contributed by atoms with Crippen molar-refractivity contribution in [1.82, 2.24) is 14.5 Å². The van der Waals surface area contributed by atoms with Crippen LogP contribution in [0, 0.1) is 19.8 Å². The van der Waals surface area contributed by atoms with Crippen molar-refractivity contribution in [3.63, 3.8) is 0 Å². The van der Waals surface area contributed by atoms with Crippen molar-refractivity contribution in [3.8, 4) is 0 Å². The molecule has 28 heavy (non-hydrogen) atoms. The van der Waals surface area contributed by atoms with Gasteiger partial charge in [0.15, 0.2) is 0 Å². The van der Waals surface area contributed by atoms with E-state index in [1.807, 2.05) is 18.5 Å². The molecular formula is C20H30N4O3S. The molecule has 0 saturated carbocycles. The van der Waals surface area contributed by atoms with E-state index in [9.17, 15) is 13.2 Å². The smallest absolute Gasteiger partial charge is 0.240 e. The number of aryl methyl sites for hydroxylation is 1. The summed E-state index contributed by atoms with van der Waals surface area (Å²) in [5.74, 6) is 0.311. The van der Waals surface area contributed by atoms with Crippen LogP contribution in [0.4, 0.5) is 5.69 Å². The van der Waals surface area contributed by atoms with Crippen LogP contribution in [-0.4, -0.2) is 30.1 Å². The third kappa shape index (κ3) is 5.65. The average Bonchev–Trinajstić information content (AvgIpc) is 2.81. The number of hydrogen-bond donors (Lipinski definition) is 2. The molecule has 0 fully saturated rings. The van der Waals surface area contributed by atoms with Crippen LogP contribution >= 0.6 is 0 Å². The number of sulfonamides is 1. The zero-order valence-electron chi connectivity index (χ0n) is 17.4. The molecule has 154 valence electrons. The molecule has 2 N–H and O–H groups in total. The molecule has 7 nitrogen and oxygen atoms in total. The molecule has 2 aromatic rings. The largest absolute Gasteiger partial charge is 0.326 e. The first-order valence-electron chi connectivity index (χ1n) is 9.44. The SMILES string of the molecule is Cc1nn(CC(C)C)c(C)c1CC(=O)Nc1ccc(S(=O)(=O)NC(C)C)cc1. The summed E-state index contributed by atoms with van der Waals surface area (Å²) in [4.78, 5) is 12.6.